The Morgan fingerprint density at radius 2 is 2.33 bits per heavy atom. The quantitative estimate of drug-likeness (QED) is 0.873. The highest BCUT2D eigenvalue weighted by atomic mass is 15.1. The van der Waals surface area contributed by atoms with E-state index < -0.39 is 0 Å². The van der Waals surface area contributed by atoms with Crippen LogP contribution in [0.4, 0.5) is 0 Å². The number of fused-ring (bicyclic) bond motifs is 1. The van der Waals surface area contributed by atoms with Crippen molar-refractivity contribution < 1.29 is 0 Å². The summed E-state index contributed by atoms with van der Waals surface area (Å²) in [5.41, 5.74) is 8.14. The Morgan fingerprint density at radius 3 is 3.11 bits per heavy atom. The van der Waals surface area contributed by atoms with E-state index in [1.807, 2.05) is 6.20 Å². The Morgan fingerprint density at radius 1 is 1.44 bits per heavy atom. The summed E-state index contributed by atoms with van der Waals surface area (Å²) in [5.74, 6) is 1.71. The number of nitrogens with two attached hydrogens (primary N) is 1. The number of likely N-dealkylation sites (tertiary alicyclic amines) is 1. The number of hydrogen-bond acceptors (Lipinski definition) is 3. The number of nitrogens with zero attached hydrogens (tertiary/aromatic N) is 3. The van der Waals surface area contributed by atoms with Gasteiger partial charge in [-0.1, -0.05) is 6.07 Å². The molecule has 3 rings (SSSR count). The fourth-order valence-corrected chi connectivity index (χ4v) is 2.97. The maximum atomic E-state index is 5.84. The van der Waals surface area contributed by atoms with Crippen molar-refractivity contribution in [2.24, 2.45) is 5.73 Å². The minimum Gasteiger partial charge on any atom is -0.325 e. The highest BCUT2D eigenvalue weighted by Crippen LogP contribution is 2.26. The SMILES string of the molecule is CN1CCCC(c2ncc3cccc(CN)n23)C1. The van der Waals surface area contributed by atoms with Gasteiger partial charge in [0.05, 0.1) is 11.7 Å². The summed E-state index contributed by atoms with van der Waals surface area (Å²) in [5, 5.41) is 0. The molecule has 4 nitrogen and oxygen atoms in total. The van der Waals surface area contributed by atoms with E-state index in [2.05, 4.69) is 39.5 Å². The molecule has 0 spiro atoms. The number of hydrogen-bond donors (Lipinski definition) is 1. The molecule has 0 aliphatic carbocycles. The third-order valence-corrected chi connectivity index (χ3v) is 3.86. The molecule has 0 saturated carbocycles. The number of pyridine rings is 1. The molecule has 18 heavy (non-hydrogen) atoms. The molecule has 0 bridgehead atoms. The highest BCUT2D eigenvalue weighted by Gasteiger charge is 2.23. The van der Waals surface area contributed by atoms with E-state index in [0.717, 1.165) is 17.8 Å². The zero-order valence-electron chi connectivity index (χ0n) is 10.8. The molecule has 96 valence electrons. The molecule has 1 saturated heterocycles. The minimum atomic E-state index is 0.527. The molecule has 2 aromatic heterocycles. The Bertz CT molecular complexity index is 546. The maximum absolute atomic E-state index is 5.84. The summed E-state index contributed by atoms with van der Waals surface area (Å²) in [6, 6.07) is 6.24. The largest absolute Gasteiger partial charge is 0.325 e. The second-order valence-corrected chi connectivity index (χ2v) is 5.20. The third kappa shape index (κ3) is 1.91. The molecule has 0 amide bonds. The number of likely N-dealkylation sites (N-methyl/N-ethyl adjacent to an activating group) is 1. The summed E-state index contributed by atoms with van der Waals surface area (Å²) >= 11 is 0. The normalized spacial score (nSPS) is 21.6. The van der Waals surface area contributed by atoms with E-state index in [0.29, 0.717) is 12.5 Å². The first-order valence-corrected chi connectivity index (χ1v) is 6.63. The molecule has 4 heteroatoms. The van der Waals surface area contributed by atoms with Crippen LogP contribution < -0.4 is 5.73 Å². The van der Waals surface area contributed by atoms with Gasteiger partial charge in [-0.25, -0.2) is 4.98 Å². The van der Waals surface area contributed by atoms with Crippen LogP contribution in [0, 0.1) is 0 Å². The second-order valence-electron chi connectivity index (χ2n) is 5.20. The van der Waals surface area contributed by atoms with Crippen molar-refractivity contribution in [1.82, 2.24) is 14.3 Å². The fraction of sp³-hybridized carbons (Fsp3) is 0.500. The lowest BCUT2D eigenvalue weighted by Gasteiger charge is -2.29. The van der Waals surface area contributed by atoms with Gasteiger partial charge in [-0.2, -0.15) is 0 Å². The molecule has 1 fully saturated rings. The van der Waals surface area contributed by atoms with Crippen LogP contribution in [-0.2, 0) is 6.54 Å². The second kappa shape index (κ2) is 4.71. The molecule has 0 radical (unpaired) electrons. The van der Waals surface area contributed by atoms with Crippen LogP contribution in [0.2, 0.25) is 0 Å². The molecule has 1 unspecified atom stereocenters. The number of aromatic nitrogens is 2. The first-order chi connectivity index (χ1) is 8.79. The van der Waals surface area contributed by atoms with Crippen LogP contribution >= 0.6 is 0 Å². The van der Waals surface area contributed by atoms with Crippen LogP contribution in [0.3, 0.4) is 0 Å². The van der Waals surface area contributed by atoms with Crippen molar-refractivity contribution in [2.45, 2.75) is 25.3 Å². The Balaban J connectivity index is 2.06. The zero-order valence-corrected chi connectivity index (χ0v) is 10.8. The lowest BCUT2D eigenvalue weighted by atomic mass is 9.97. The summed E-state index contributed by atoms with van der Waals surface area (Å²) in [6.07, 6.45) is 4.44. The average molecular weight is 244 g/mol. The van der Waals surface area contributed by atoms with Crippen LogP contribution in [0.1, 0.15) is 30.3 Å². The van der Waals surface area contributed by atoms with Crippen molar-refractivity contribution in [2.75, 3.05) is 20.1 Å². The smallest absolute Gasteiger partial charge is 0.117 e. The molecule has 1 aliphatic rings. The fourth-order valence-electron chi connectivity index (χ4n) is 2.97. The Hall–Kier alpha value is -1.39. The predicted molar refractivity (Wildman–Crippen MR) is 72.6 cm³/mol. The van der Waals surface area contributed by atoms with Crippen LogP contribution in [0.15, 0.2) is 24.4 Å². The summed E-state index contributed by atoms with van der Waals surface area (Å²) < 4.78 is 2.24. The van der Waals surface area contributed by atoms with Gasteiger partial charge in [0.2, 0.25) is 0 Å². The number of piperidine rings is 1. The summed E-state index contributed by atoms with van der Waals surface area (Å²) in [6.45, 7) is 2.85. The monoisotopic (exact) mass is 244 g/mol. The topological polar surface area (TPSA) is 46.6 Å². The van der Waals surface area contributed by atoms with Crippen LogP contribution in [0.25, 0.3) is 5.52 Å². The van der Waals surface area contributed by atoms with E-state index in [1.54, 1.807) is 0 Å². The standard InChI is InChI=1S/C14H20N4/c1-17-7-3-4-11(10-17)14-16-9-13-6-2-5-12(8-15)18(13)14/h2,5-6,9,11H,3-4,7-8,10,15H2,1H3. The first-order valence-electron chi connectivity index (χ1n) is 6.63. The molecular weight excluding hydrogens is 224 g/mol. The molecular formula is C14H20N4. The van der Waals surface area contributed by atoms with Gasteiger partial charge in [-0.3, -0.25) is 4.40 Å². The van der Waals surface area contributed by atoms with Gasteiger partial charge >= 0.3 is 0 Å². The van der Waals surface area contributed by atoms with E-state index in [4.69, 9.17) is 5.73 Å². The zero-order chi connectivity index (χ0) is 12.5. The van der Waals surface area contributed by atoms with E-state index in [9.17, 15) is 0 Å². The van der Waals surface area contributed by atoms with Crippen molar-refractivity contribution >= 4 is 5.52 Å². The Labute approximate surface area is 107 Å². The Kier molecular flexibility index (Phi) is 3.06. The average Bonchev–Trinajstić information content (AvgIpc) is 2.82. The lowest BCUT2D eigenvalue weighted by molar-refractivity contribution is 0.245. The first kappa shape index (κ1) is 11.7. The lowest BCUT2D eigenvalue weighted by Crippen LogP contribution is -2.31. The molecule has 2 N–H and O–H groups in total. The van der Waals surface area contributed by atoms with Gasteiger partial charge in [-0.15, -0.1) is 0 Å². The van der Waals surface area contributed by atoms with Crippen molar-refractivity contribution in [3.8, 4) is 0 Å². The van der Waals surface area contributed by atoms with Gasteiger partial charge in [0.1, 0.15) is 5.82 Å². The van der Waals surface area contributed by atoms with Crippen molar-refractivity contribution in [3.63, 3.8) is 0 Å². The van der Waals surface area contributed by atoms with Crippen molar-refractivity contribution in [1.29, 1.82) is 0 Å². The summed E-state index contributed by atoms with van der Waals surface area (Å²) in [4.78, 5) is 7.03. The van der Waals surface area contributed by atoms with E-state index in [1.165, 1.54) is 25.2 Å². The van der Waals surface area contributed by atoms with Crippen LogP contribution in [0.5, 0.6) is 0 Å². The van der Waals surface area contributed by atoms with Gasteiger partial charge in [0.25, 0.3) is 0 Å². The minimum absolute atomic E-state index is 0.527. The van der Waals surface area contributed by atoms with Gasteiger partial charge < -0.3 is 10.6 Å². The molecule has 2 aromatic rings. The number of imidazole rings is 1. The maximum Gasteiger partial charge on any atom is 0.117 e. The van der Waals surface area contributed by atoms with Crippen LogP contribution in [-0.4, -0.2) is 34.4 Å². The molecule has 1 atom stereocenters. The van der Waals surface area contributed by atoms with Gasteiger partial charge in [-0.05, 0) is 38.6 Å². The predicted octanol–water partition coefficient (Wildman–Crippen LogP) is 1.60. The molecule has 3 heterocycles. The van der Waals surface area contributed by atoms with E-state index in [-0.39, 0.29) is 0 Å². The molecule has 1 aliphatic heterocycles. The van der Waals surface area contributed by atoms with Gasteiger partial charge in [0, 0.05) is 24.7 Å². The van der Waals surface area contributed by atoms with E-state index >= 15 is 0 Å². The highest BCUT2D eigenvalue weighted by molar-refractivity contribution is 5.48. The summed E-state index contributed by atoms with van der Waals surface area (Å²) in [7, 11) is 2.19. The van der Waals surface area contributed by atoms with Gasteiger partial charge in [0.15, 0.2) is 0 Å². The molecule has 0 aromatic carbocycles. The number of rotatable bonds is 2. The van der Waals surface area contributed by atoms with Crippen molar-refractivity contribution in [3.05, 3.63) is 35.9 Å². The third-order valence-electron chi connectivity index (χ3n) is 3.86.